The Morgan fingerprint density at radius 1 is 1.36 bits per heavy atom. The first-order chi connectivity index (χ1) is 10.6. The van der Waals surface area contributed by atoms with Crippen LogP contribution in [0.2, 0.25) is 5.02 Å². The Morgan fingerprint density at radius 3 is 3.00 bits per heavy atom. The van der Waals surface area contributed by atoms with Crippen molar-refractivity contribution in [3.8, 4) is 0 Å². The summed E-state index contributed by atoms with van der Waals surface area (Å²) in [6, 6.07) is 10.2. The molecule has 0 saturated carbocycles. The number of aliphatic hydroxyl groups is 1. The highest BCUT2D eigenvalue weighted by molar-refractivity contribution is 6.32. The summed E-state index contributed by atoms with van der Waals surface area (Å²) in [7, 11) is 0. The zero-order chi connectivity index (χ0) is 15.5. The van der Waals surface area contributed by atoms with Gasteiger partial charge in [-0.2, -0.15) is 0 Å². The molecule has 0 aliphatic carbocycles. The molecule has 22 heavy (non-hydrogen) atoms. The predicted molar refractivity (Wildman–Crippen MR) is 82.8 cm³/mol. The molecule has 3 aromatic rings. The highest BCUT2D eigenvalue weighted by Crippen LogP contribution is 2.22. The van der Waals surface area contributed by atoms with Crippen molar-refractivity contribution < 1.29 is 14.3 Å². The highest BCUT2D eigenvalue weighted by atomic mass is 35.5. The van der Waals surface area contributed by atoms with Crippen LogP contribution in [0.3, 0.4) is 0 Å². The smallest absolute Gasteiger partial charge is 0.253 e. The van der Waals surface area contributed by atoms with E-state index in [1.54, 1.807) is 36.5 Å². The Morgan fingerprint density at radius 2 is 2.23 bits per heavy atom. The number of fused-ring (bicyclic) bond motifs is 1. The maximum absolute atomic E-state index is 12.3. The van der Waals surface area contributed by atoms with E-state index < -0.39 is 6.10 Å². The first-order valence-corrected chi connectivity index (χ1v) is 7.07. The minimum atomic E-state index is -0.905. The number of amides is 1. The number of pyridine rings is 1. The lowest BCUT2D eigenvalue weighted by atomic mass is 10.1. The first-order valence-electron chi connectivity index (χ1n) is 6.69. The molecule has 0 radical (unpaired) electrons. The van der Waals surface area contributed by atoms with Crippen LogP contribution in [0.15, 0.2) is 53.3 Å². The number of nitrogens with one attached hydrogen (secondary N) is 1. The molecular weight excluding hydrogens is 304 g/mol. The largest absolute Gasteiger partial charge is 0.467 e. The van der Waals surface area contributed by atoms with Crippen molar-refractivity contribution >= 4 is 28.4 Å². The third kappa shape index (κ3) is 2.95. The fraction of sp³-hybridized carbons (Fsp3) is 0.125. The van der Waals surface area contributed by atoms with Crippen LogP contribution in [-0.2, 0) is 0 Å². The van der Waals surface area contributed by atoms with Gasteiger partial charge >= 0.3 is 0 Å². The van der Waals surface area contributed by atoms with Gasteiger partial charge in [0.25, 0.3) is 5.91 Å². The molecule has 2 heterocycles. The summed E-state index contributed by atoms with van der Waals surface area (Å²) in [5.41, 5.74) is 0.937. The lowest BCUT2D eigenvalue weighted by molar-refractivity contribution is 0.0902. The number of carbonyl (C=O) groups is 1. The number of furan rings is 1. The summed E-state index contributed by atoms with van der Waals surface area (Å²) in [6.07, 6.45) is 2.18. The Labute approximate surface area is 131 Å². The summed E-state index contributed by atoms with van der Waals surface area (Å²) in [4.78, 5) is 16.6. The molecule has 0 fully saturated rings. The number of nitrogens with zero attached hydrogens (tertiary/aromatic N) is 1. The molecule has 2 aromatic heterocycles. The van der Waals surface area contributed by atoms with Crippen molar-refractivity contribution in [3.05, 3.63) is 65.2 Å². The molecule has 1 unspecified atom stereocenters. The van der Waals surface area contributed by atoms with Gasteiger partial charge in [0, 0.05) is 16.6 Å². The van der Waals surface area contributed by atoms with Gasteiger partial charge in [0.2, 0.25) is 0 Å². The fourth-order valence-electron chi connectivity index (χ4n) is 2.19. The predicted octanol–water partition coefficient (Wildman–Crippen LogP) is 2.94. The second kappa shape index (κ2) is 6.17. The topological polar surface area (TPSA) is 75.4 Å². The highest BCUT2D eigenvalue weighted by Gasteiger charge is 2.16. The summed E-state index contributed by atoms with van der Waals surface area (Å²) < 4.78 is 5.09. The maximum Gasteiger partial charge on any atom is 0.253 e. The van der Waals surface area contributed by atoms with E-state index in [4.69, 9.17) is 16.0 Å². The molecule has 0 spiro atoms. The molecule has 0 aliphatic rings. The average molecular weight is 317 g/mol. The van der Waals surface area contributed by atoms with E-state index in [1.165, 1.54) is 6.26 Å². The van der Waals surface area contributed by atoms with Crippen molar-refractivity contribution in [1.29, 1.82) is 0 Å². The van der Waals surface area contributed by atoms with Crippen LogP contribution in [0.1, 0.15) is 22.2 Å². The third-order valence-electron chi connectivity index (χ3n) is 3.24. The number of halogens is 1. The van der Waals surface area contributed by atoms with Crippen molar-refractivity contribution in [2.24, 2.45) is 0 Å². The number of carbonyl (C=O) groups excluding carboxylic acids is 1. The van der Waals surface area contributed by atoms with Gasteiger partial charge in [-0.25, -0.2) is 0 Å². The number of benzene rings is 1. The normalized spacial score (nSPS) is 12.3. The fourth-order valence-corrected chi connectivity index (χ4v) is 2.42. The average Bonchev–Trinajstić information content (AvgIpc) is 3.06. The van der Waals surface area contributed by atoms with Gasteiger partial charge in [-0.1, -0.05) is 17.7 Å². The molecule has 6 heteroatoms. The lowest BCUT2D eigenvalue weighted by Crippen LogP contribution is -2.28. The number of hydrogen-bond acceptors (Lipinski definition) is 4. The molecule has 5 nitrogen and oxygen atoms in total. The van der Waals surface area contributed by atoms with E-state index in [0.29, 0.717) is 21.9 Å². The SMILES string of the molecule is O=C(NCC(O)c1ccco1)c1cc(Cl)cc2cccnc12. The van der Waals surface area contributed by atoms with E-state index >= 15 is 0 Å². The second-order valence-corrected chi connectivity index (χ2v) is 5.21. The van der Waals surface area contributed by atoms with E-state index in [0.717, 1.165) is 5.39 Å². The van der Waals surface area contributed by atoms with Gasteiger partial charge in [-0.15, -0.1) is 0 Å². The lowest BCUT2D eigenvalue weighted by Gasteiger charge is -2.11. The van der Waals surface area contributed by atoms with Crippen LogP contribution in [-0.4, -0.2) is 22.5 Å². The molecule has 0 aliphatic heterocycles. The van der Waals surface area contributed by atoms with Gasteiger partial charge in [0.15, 0.2) is 0 Å². The second-order valence-electron chi connectivity index (χ2n) is 4.77. The van der Waals surface area contributed by atoms with Crippen molar-refractivity contribution in [1.82, 2.24) is 10.3 Å². The molecule has 2 N–H and O–H groups in total. The van der Waals surface area contributed by atoms with Crippen LogP contribution in [0.25, 0.3) is 10.9 Å². The number of aromatic nitrogens is 1. The van der Waals surface area contributed by atoms with Crippen LogP contribution < -0.4 is 5.32 Å². The molecular formula is C16H13ClN2O3. The Balaban J connectivity index is 1.80. The van der Waals surface area contributed by atoms with E-state index in [1.807, 2.05) is 6.07 Å². The van der Waals surface area contributed by atoms with E-state index in [-0.39, 0.29) is 12.5 Å². The monoisotopic (exact) mass is 316 g/mol. The van der Waals surface area contributed by atoms with Gasteiger partial charge < -0.3 is 14.8 Å². The summed E-state index contributed by atoms with van der Waals surface area (Å²) in [5.74, 6) is 0.0474. The first kappa shape index (κ1) is 14.6. The van der Waals surface area contributed by atoms with Gasteiger partial charge in [-0.05, 0) is 30.3 Å². The molecule has 1 aromatic carbocycles. The Kier molecular flexibility index (Phi) is 4.09. The zero-order valence-corrected chi connectivity index (χ0v) is 12.2. The van der Waals surface area contributed by atoms with Crippen LogP contribution in [0.4, 0.5) is 0 Å². The summed E-state index contributed by atoms with van der Waals surface area (Å²) in [5, 5.41) is 13.8. The van der Waals surface area contributed by atoms with Crippen molar-refractivity contribution in [3.63, 3.8) is 0 Å². The third-order valence-corrected chi connectivity index (χ3v) is 3.46. The molecule has 3 rings (SSSR count). The summed E-state index contributed by atoms with van der Waals surface area (Å²) >= 11 is 6.04. The minimum Gasteiger partial charge on any atom is -0.467 e. The summed E-state index contributed by atoms with van der Waals surface area (Å²) in [6.45, 7) is 0.0349. The van der Waals surface area contributed by atoms with Crippen LogP contribution in [0, 0.1) is 0 Å². The molecule has 1 atom stereocenters. The van der Waals surface area contributed by atoms with Gasteiger partial charge in [0.1, 0.15) is 11.9 Å². The molecule has 0 saturated heterocycles. The minimum absolute atomic E-state index is 0.0349. The Hall–Kier alpha value is -2.37. The maximum atomic E-state index is 12.3. The van der Waals surface area contributed by atoms with E-state index in [2.05, 4.69) is 10.3 Å². The number of rotatable bonds is 4. The Bertz CT molecular complexity index is 802. The van der Waals surface area contributed by atoms with Gasteiger partial charge in [0.05, 0.1) is 23.9 Å². The van der Waals surface area contributed by atoms with Gasteiger partial charge in [-0.3, -0.25) is 9.78 Å². The van der Waals surface area contributed by atoms with Crippen LogP contribution in [0.5, 0.6) is 0 Å². The van der Waals surface area contributed by atoms with Crippen molar-refractivity contribution in [2.75, 3.05) is 6.54 Å². The van der Waals surface area contributed by atoms with Crippen molar-refractivity contribution in [2.45, 2.75) is 6.10 Å². The molecule has 0 bridgehead atoms. The standard InChI is InChI=1S/C16H13ClN2O3/c17-11-7-10-3-1-5-18-15(10)12(8-11)16(21)19-9-13(20)14-4-2-6-22-14/h1-8,13,20H,9H2,(H,19,21). The zero-order valence-electron chi connectivity index (χ0n) is 11.5. The number of aliphatic hydroxyl groups excluding tert-OH is 1. The quantitative estimate of drug-likeness (QED) is 0.776. The number of hydrogen-bond donors (Lipinski definition) is 2. The van der Waals surface area contributed by atoms with E-state index in [9.17, 15) is 9.90 Å². The van der Waals surface area contributed by atoms with Crippen LogP contribution >= 0.6 is 11.6 Å². The molecule has 1 amide bonds. The molecule has 112 valence electrons.